The summed E-state index contributed by atoms with van der Waals surface area (Å²) in [7, 11) is 0. The van der Waals surface area contributed by atoms with Gasteiger partial charge in [-0.05, 0) is 61.6 Å². The minimum absolute atomic E-state index is 0.122. The number of nitrogens with zero attached hydrogens (tertiary/aromatic N) is 3. The third-order valence-corrected chi connectivity index (χ3v) is 6.34. The van der Waals surface area contributed by atoms with Crippen molar-refractivity contribution in [1.82, 2.24) is 14.8 Å². The lowest BCUT2D eigenvalue weighted by atomic mass is 10.3. The van der Waals surface area contributed by atoms with Crippen LogP contribution in [-0.4, -0.2) is 26.4 Å². The van der Waals surface area contributed by atoms with Crippen molar-refractivity contribution in [2.45, 2.75) is 24.7 Å². The second-order valence-electron chi connectivity index (χ2n) is 6.65. The summed E-state index contributed by atoms with van der Waals surface area (Å²) in [6, 6.07) is 12.5. The summed E-state index contributed by atoms with van der Waals surface area (Å²) in [6.07, 6.45) is 1.03. The topological polar surface area (TPSA) is 59.8 Å². The number of aryl methyl sites for hydroxylation is 1. The summed E-state index contributed by atoms with van der Waals surface area (Å²) in [5, 5.41) is 7.86. The zero-order valence-electron chi connectivity index (χ0n) is 16.1. The van der Waals surface area contributed by atoms with Crippen molar-refractivity contribution in [3.63, 3.8) is 0 Å². The minimum Gasteiger partial charge on any atom is -0.311 e. The molecule has 5 nitrogen and oxygen atoms in total. The fourth-order valence-electron chi connectivity index (χ4n) is 2.87. The van der Waals surface area contributed by atoms with Crippen LogP contribution in [0, 0.1) is 18.6 Å². The van der Waals surface area contributed by atoms with Crippen LogP contribution in [0.4, 0.5) is 14.6 Å². The van der Waals surface area contributed by atoms with E-state index in [9.17, 15) is 13.6 Å². The van der Waals surface area contributed by atoms with Gasteiger partial charge in [-0.15, -0.1) is 11.8 Å². The van der Waals surface area contributed by atoms with Gasteiger partial charge >= 0.3 is 0 Å². The quantitative estimate of drug-likeness (QED) is 0.299. The number of fused-ring (bicyclic) bond motifs is 1. The van der Waals surface area contributed by atoms with Crippen molar-refractivity contribution in [2.75, 3.05) is 11.1 Å². The third kappa shape index (κ3) is 4.85. The molecular formula is C21H18F2N4OS2. The Morgan fingerprint density at radius 2 is 1.90 bits per heavy atom. The zero-order valence-corrected chi connectivity index (χ0v) is 17.7. The molecule has 0 aliphatic heterocycles. The summed E-state index contributed by atoms with van der Waals surface area (Å²) in [5.74, 6) is 0.581. The number of hydrogen-bond donors (Lipinski definition) is 1. The molecule has 1 N–H and O–H groups in total. The minimum atomic E-state index is -0.318. The van der Waals surface area contributed by atoms with Gasteiger partial charge in [0.1, 0.15) is 17.5 Å². The lowest BCUT2D eigenvalue weighted by molar-refractivity contribution is -0.116. The first-order valence-electron chi connectivity index (χ1n) is 9.29. The second-order valence-corrected chi connectivity index (χ2v) is 8.82. The van der Waals surface area contributed by atoms with Gasteiger partial charge < -0.3 is 5.32 Å². The lowest BCUT2D eigenvalue weighted by Gasteiger charge is -2.06. The maximum Gasteiger partial charge on any atom is 0.225 e. The van der Waals surface area contributed by atoms with Gasteiger partial charge in [-0.2, -0.15) is 9.78 Å². The molecule has 1 amide bonds. The van der Waals surface area contributed by atoms with Gasteiger partial charge in [0, 0.05) is 17.4 Å². The van der Waals surface area contributed by atoms with E-state index >= 15 is 0 Å². The molecule has 0 saturated heterocycles. The molecule has 0 spiro atoms. The highest BCUT2D eigenvalue weighted by molar-refractivity contribution is 7.99. The first-order chi connectivity index (χ1) is 14.5. The van der Waals surface area contributed by atoms with Gasteiger partial charge in [0.25, 0.3) is 0 Å². The highest BCUT2D eigenvalue weighted by Gasteiger charge is 2.15. The zero-order chi connectivity index (χ0) is 21.1. The summed E-state index contributed by atoms with van der Waals surface area (Å²) >= 11 is 2.89. The Morgan fingerprint density at radius 3 is 2.70 bits per heavy atom. The predicted octanol–water partition coefficient (Wildman–Crippen LogP) is 5.58. The summed E-state index contributed by atoms with van der Waals surface area (Å²) in [6.45, 7) is 1.83. The predicted molar refractivity (Wildman–Crippen MR) is 116 cm³/mol. The van der Waals surface area contributed by atoms with Gasteiger partial charge in [0.05, 0.1) is 15.9 Å². The van der Waals surface area contributed by atoms with E-state index < -0.39 is 0 Å². The molecule has 2 aromatic carbocycles. The molecule has 2 heterocycles. The third-order valence-electron chi connectivity index (χ3n) is 4.25. The first kappa shape index (κ1) is 20.5. The van der Waals surface area contributed by atoms with Crippen molar-refractivity contribution >= 4 is 45.0 Å². The van der Waals surface area contributed by atoms with Crippen molar-refractivity contribution in [2.24, 2.45) is 0 Å². The smallest absolute Gasteiger partial charge is 0.225 e. The Bertz CT molecular complexity index is 1190. The molecule has 2 aromatic heterocycles. The fourth-order valence-corrected chi connectivity index (χ4v) is 4.68. The molecule has 9 heteroatoms. The van der Waals surface area contributed by atoms with Crippen LogP contribution in [-0.2, 0) is 4.79 Å². The monoisotopic (exact) mass is 444 g/mol. The molecule has 4 rings (SSSR count). The Hall–Kier alpha value is -2.78. The lowest BCUT2D eigenvalue weighted by Crippen LogP contribution is -2.14. The van der Waals surface area contributed by atoms with E-state index in [1.807, 2.05) is 6.92 Å². The Kier molecular flexibility index (Phi) is 6.10. The van der Waals surface area contributed by atoms with Gasteiger partial charge in [0.15, 0.2) is 0 Å². The summed E-state index contributed by atoms with van der Waals surface area (Å²) in [4.78, 5) is 17.9. The molecule has 0 aliphatic carbocycles. The molecule has 0 atom stereocenters. The van der Waals surface area contributed by atoms with Crippen LogP contribution in [0.2, 0.25) is 0 Å². The van der Waals surface area contributed by atoms with Gasteiger partial charge in [-0.3, -0.25) is 4.79 Å². The number of anilines is 1. The molecule has 0 fully saturated rings. The Balaban J connectivity index is 1.38. The van der Waals surface area contributed by atoms with Gasteiger partial charge in [-0.1, -0.05) is 11.3 Å². The van der Waals surface area contributed by atoms with E-state index in [1.165, 1.54) is 35.6 Å². The number of benzene rings is 2. The normalized spacial score (nSPS) is 11.2. The van der Waals surface area contributed by atoms with E-state index in [-0.39, 0.29) is 17.5 Å². The SMILES string of the molecule is Cc1cc(NC(=O)CCCSc2ccc(F)cc2)n(-c2nc3ccc(F)cc3s2)n1. The van der Waals surface area contributed by atoms with Crippen LogP contribution in [0.3, 0.4) is 0 Å². The number of halogens is 2. The van der Waals surface area contributed by atoms with Crippen LogP contribution in [0.25, 0.3) is 15.3 Å². The van der Waals surface area contributed by atoms with E-state index in [1.54, 1.807) is 40.7 Å². The largest absolute Gasteiger partial charge is 0.311 e. The average Bonchev–Trinajstić information content (AvgIpc) is 3.29. The van der Waals surface area contributed by atoms with E-state index in [0.29, 0.717) is 34.0 Å². The van der Waals surface area contributed by atoms with Crippen LogP contribution >= 0.6 is 23.1 Å². The summed E-state index contributed by atoms with van der Waals surface area (Å²) in [5.41, 5.74) is 1.42. The number of hydrogen-bond acceptors (Lipinski definition) is 5. The standard InChI is InChI=1S/C21H18F2N4OS2/c1-13-11-19(25-20(28)3-2-10-29-16-7-4-14(22)5-8-16)27(26-13)21-24-17-9-6-15(23)12-18(17)30-21/h4-9,11-12H,2-3,10H2,1H3,(H,25,28). The van der Waals surface area contributed by atoms with Crippen molar-refractivity contribution in [1.29, 1.82) is 0 Å². The van der Waals surface area contributed by atoms with E-state index in [2.05, 4.69) is 15.4 Å². The summed E-state index contributed by atoms with van der Waals surface area (Å²) < 4.78 is 28.7. The van der Waals surface area contributed by atoms with Crippen LogP contribution < -0.4 is 5.32 Å². The molecule has 154 valence electrons. The first-order valence-corrected chi connectivity index (χ1v) is 11.1. The molecule has 4 aromatic rings. The number of amides is 1. The van der Waals surface area contributed by atoms with Crippen molar-refractivity contribution in [3.8, 4) is 5.13 Å². The highest BCUT2D eigenvalue weighted by Crippen LogP contribution is 2.28. The Morgan fingerprint density at radius 1 is 1.13 bits per heavy atom. The number of nitrogens with one attached hydrogen (secondary N) is 1. The van der Waals surface area contributed by atoms with E-state index in [0.717, 1.165) is 16.3 Å². The fraction of sp³-hybridized carbons (Fsp3) is 0.190. The molecule has 0 bridgehead atoms. The molecule has 0 saturated carbocycles. The van der Waals surface area contributed by atoms with Crippen LogP contribution in [0.1, 0.15) is 18.5 Å². The van der Waals surface area contributed by atoms with Crippen LogP contribution in [0.5, 0.6) is 0 Å². The number of thiazole rings is 1. The molecule has 30 heavy (non-hydrogen) atoms. The van der Waals surface area contributed by atoms with Crippen LogP contribution in [0.15, 0.2) is 53.4 Å². The maximum atomic E-state index is 13.5. The second kappa shape index (κ2) is 8.93. The molecule has 0 unspecified atom stereocenters. The highest BCUT2D eigenvalue weighted by atomic mass is 32.2. The number of carbonyl (C=O) groups excluding carboxylic acids is 1. The average molecular weight is 445 g/mol. The van der Waals surface area contributed by atoms with Crippen molar-refractivity contribution < 1.29 is 13.6 Å². The molecule has 0 radical (unpaired) electrons. The van der Waals surface area contributed by atoms with E-state index in [4.69, 9.17) is 0 Å². The molecular weight excluding hydrogens is 426 g/mol. The number of aromatic nitrogens is 3. The van der Waals surface area contributed by atoms with Gasteiger partial charge in [0.2, 0.25) is 11.0 Å². The van der Waals surface area contributed by atoms with Crippen molar-refractivity contribution in [3.05, 3.63) is 65.9 Å². The number of thioether (sulfide) groups is 1. The molecule has 0 aliphatic rings. The van der Waals surface area contributed by atoms with Gasteiger partial charge in [-0.25, -0.2) is 13.8 Å². The Labute approximate surface area is 180 Å². The maximum absolute atomic E-state index is 13.5. The number of carbonyl (C=O) groups is 1. The number of rotatable bonds is 7.